The number of amides is 2. The number of carbonyl (C=O) groups excluding carboxylic acids is 1. The van der Waals surface area contributed by atoms with E-state index in [0.29, 0.717) is 0 Å². The monoisotopic (exact) mass is 276 g/mol. The predicted octanol–water partition coefficient (Wildman–Crippen LogP) is 1.26. The minimum absolute atomic E-state index is 0.0516. The second-order valence-corrected chi connectivity index (χ2v) is 4.37. The van der Waals surface area contributed by atoms with E-state index in [4.69, 9.17) is 0 Å². The summed E-state index contributed by atoms with van der Waals surface area (Å²) in [7, 11) is 0. The zero-order valence-electron chi connectivity index (χ0n) is 9.77. The van der Waals surface area contributed by atoms with Crippen molar-refractivity contribution in [1.29, 1.82) is 0 Å². The van der Waals surface area contributed by atoms with Crippen molar-refractivity contribution in [2.75, 3.05) is 4.90 Å². The molecule has 1 saturated heterocycles. The average Bonchev–Trinajstić information content (AvgIpc) is 2.47. The molecule has 2 atom stereocenters. The van der Waals surface area contributed by atoms with Crippen LogP contribution in [0.25, 0.3) is 0 Å². The number of urea groups is 1. The Hall–Kier alpha value is -1.80. The third-order valence-corrected chi connectivity index (χ3v) is 2.80. The van der Waals surface area contributed by atoms with E-state index >= 15 is 0 Å². The molecule has 0 aromatic heterocycles. The summed E-state index contributed by atoms with van der Waals surface area (Å²) in [5.74, 6) is 0. The summed E-state index contributed by atoms with van der Waals surface area (Å²) in [6, 6.07) is 2.89. The molecule has 0 spiro atoms. The number of rotatable bonds is 1. The molecule has 0 saturated carbocycles. The van der Waals surface area contributed by atoms with E-state index in [-0.39, 0.29) is 5.69 Å². The molecular formula is C11H11F3N2O3. The number of nitrogens with one attached hydrogen (secondary N) is 1. The van der Waals surface area contributed by atoms with Crippen LogP contribution in [-0.4, -0.2) is 28.2 Å². The van der Waals surface area contributed by atoms with Crippen LogP contribution in [0.1, 0.15) is 12.5 Å². The van der Waals surface area contributed by atoms with Gasteiger partial charge in [0.05, 0.1) is 5.56 Å². The number of nitrogens with zero attached hydrogens (tertiary/aromatic N) is 1. The zero-order valence-corrected chi connectivity index (χ0v) is 9.77. The van der Waals surface area contributed by atoms with Crippen LogP contribution in [0.2, 0.25) is 0 Å². The molecule has 19 heavy (non-hydrogen) atoms. The van der Waals surface area contributed by atoms with Gasteiger partial charge in [0.2, 0.25) is 0 Å². The lowest BCUT2D eigenvalue weighted by molar-refractivity contribution is -0.137. The first-order valence-corrected chi connectivity index (χ1v) is 5.32. The zero-order chi connectivity index (χ0) is 14.4. The molecule has 1 aromatic carbocycles. The van der Waals surface area contributed by atoms with Crippen LogP contribution in [0, 0.1) is 0 Å². The van der Waals surface area contributed by atoms with Gasteiger partial charge in [-0.3, -0.25) is 4.90 Å². The van der Waals surface area contributed by atoms with Crippen molar-refractivity contribution in [3.05, 3.63) is 29.8 Å². The van der Waals surface area contributed by atoms with Crippen molar-refractivity contribution in [2.24, 2.45) is 0 Å². The Kier molecular flexibility index (Phi) is 2.94. The number of hydrogen-bond donors (Lipinski definition) is 3. The van der Waals surface area contributed by atoms with Crippen LogP contribution in [0.3, 0.4) is 0 Å². The summed E-state index contributed by atoms with van der Waals surface area (Å²) in [6.45, 7) is 1.18. The second kappa shape index (κ2) is 4.10. The van der Waals surface area contributed by atoms with Gasteiger partial charge in [-0.15, -0.1) is 0 Å². The van der Waals surface area contributed by atoms with Crippen molar-refractivity contribution in [1.82, 2.24) is 5.32 Å². The fraction of sp³-hybridized carbons (Fsp3) is 0.364. The summed E-state index contributed by atoms with van der Waals surface area (Å²) >= 11 is 0. The molecule has 0 aliphatic carbocycles. The highest BCUT2D eigenvalue weighted by Gasteiger charge is 2.47. The number of carbonyl (C=O) groups is 1. The number of aliphatic hydroxyl groups excluding tert-OH is 1. The lowest BCUT2D eigenvalue weighted by atomic mass is 10.1. The molecule has 8 heteroatoms. The topological polar surface area (TPSA) is 72.8 Å². The van der Waals surface area contributed by atoms with E-state index in [9.17, 15) is 28.2 Å². The first-order chi connectivity index (χ1) is 8.63. The van der Waals surface area contributed by atoms with E-state index in [1.165, 1.54) is 6.92 Å². The Labute approximate surface area is 106 Å². The van der Waals surface area contributed by atoms with E-state index in [0.717, 1.165) is 29.2 Å². The van der Waals surface area contributed by atoms with E-state index in [1.807, 2.05) is 0 Å². The van der Waals surface area contributed by atoms with Crippen LogP contribution in [-0.2, 0) is 6.18 Å². The van der Waals surface area contributed by atoms with Gasteiger partial charge in [-0.05, 0) is 31.2 Å². The highest BCUT2D eigenvalue weighted by atomic mass is 19.4. The Morgan fingerprint density at radius 1 is 1.32 bits per heavy atom. The van der Waals surface area contributed by atoms with Crippen LogP contribution in [0.15, 0.2) is 24.3 Å². The van der Waals surface area contributed by atoms with Crippen molar-refractivity contribution in [2.45, 2.75) is 25.1 Å². The summed E-state index contributed by atoms with van der Waals surface area (Å²) in [5.41, 5.74) is -2.67. The largest absolute Gasteiger partial charge is 0.416 e. The number of alkyl halides is 3. The number of benzene rings is 1. The molecule has 104 valence electrons. The molecule has 2 rings (SSSR count). The van der Waals surface area contributed by atoms with Crippen molar-refractivity contribution in [3.63, 3.8) is 0 Å². The van der Waals surface area contributed by atoms with Crippen molar-refractivity contribution < 1.29 is 28.2 Å². The molecule has 1 aliphatic rings. The van der Waals surface area contributed by atoms with E-state index < -0.39 is 29.7 Å². The van der Waals surface area contributed by atoms with Crippen LogP contribution in [0.4, 0.5) is 23.7 Å². The third kappa shape index (κ3) is 2.36. The molecular weight excluding hydrogens is 265 g/mol. The van der Waals surface area contributed by atoms with E-state index in [1.54, 1.807) is 0 Å². The molecule has 2 unspecified atom stereocenters. The molecule has 2 amide bonds. The van der Waals surface area contributed by atoms with Crippen LogP contribution in [0.5, 0.6) is 0 Å². The lowest BCUT2D eigenvalue weighted by Gasteiger charge is -2.24. The van der Waals surface area contributed by atoms with Gasteiger partial charge >= 0.3 is 12.2 Å². The third-order valence-electron chi connectivity index (χ3n) is 2.80. The Morgan fingerprint density at radius 3 is 2.21 bits per heavy atom. The van der Waals surface area contributed by atoms with E-state index in [2.05, 4.69) is 5.32 Å². The fourth-order valence-electron chi connectivity index (χ4n) is 1.77. The van der Waals surface area contributed by atoms with Gasteiger partial charge in [-0.25, -0.2) is 4.79 Å². The first-order valence-electron chi connectivity index (χ1n) is 5.32. The quantitative estimate of drug-likeness (QED) is 0.723. The maximum atomic E-state index is 12.4. The number of halogens is 3. The second-order valence-electron chi connectivity index (χ2n) is 4.37. The highest BCUT2D eigenvalue weighted by Crippen LogP contribution is 2.32. The van der Waals surface area contributed by atoms with Gasteiger partial charge in [0.15, 0.2) is 12.0 Å². The molecule has 5 nitrogen and oxygen atoms in total. The Bertz CT molecular complexity index is 499. The van der Waals surface area contributed by atoms with Gasteiger partial charge in [0.25, 0.3) is 0 Å². The average molecular weight is 276 g/mol. The Morgan fingerprint density at radius 2 is 1.84 bits per heavy atom. The van der Waals surface area contributed by atoms with Gasteiger partial charge in [0.1, 0.15) is 0 Å². The first kappa shape index (κ1) is 13.6. The van der Waals surface area contributed by atoms with Crippen molar-refractivity contribution >= 4 is 11.7 Å². The summed E-state index contributed by atoms with van der Waals surface area (Å²) in [5, 5.41) is 21.5. The molecule has 3 N–H and O–H groups in total. The molecule has 0 bridgehead atoms. The molecule has 0 radical (unpaired) electrons. The minimum Gasteiger partial charge on any atom is -0.369 e. The fourth-order valence-corrected chi connectivity index (χ4v) is 1.77. The van der Waals surface area contributed by atoms with Crippen LogP contribution < -0.4 is 10.2 Å². The summed E-state index contributed by atoms with van der Waals surface area (Å²) in [4.78, 5) is 12.3. The van der Waals surface area contributed by atoms with Gasteiger partial charge in [-0.1, -0.05) is 0 Å². The maximum absolute atomic E-state index is 12.4. The number of anilines is 1. The molecule has 1 aliphatic heterocycles. The summed E-state index contributed by atoms with van der Waals surface area (Å²) < 4.78 is 37.2. The lowest BCUT2D eigenvalue weighted by Crippen LogP contribution is -2.47. The molecule has 1 aromatic rings. The smallest absolute Gasteiger partial charge is 0.369 e. The molecule has 1 heterocycles. The number of hydrogen-bond acceptors (Lipinski definition) is 3. The molecule has 1 fully saturated rings. The van der Waals surface area contributed by atoms with Crippen molar-refractivity contribution in [3.8, 4) is 0 Å². The standard InChI is InChI=1S/C11H11F3N2O3/c1-10(19)8(17)16(9(18)15-10)7-4-2-6(3-5-7)11(12,13)14/h2-5,8,17,19H,1H3,(H,15,18). The Balaban J connectivity index is 2.31. The highest BCUT2D eigenvalue weighted by molar-refractivity contribution is 5.95. The number of aliphatic hydroxyl groups is 2. The summed E-state index contributed by atoms with van der Waals surface area (Å²) in [6.07, 6.45) is -6.06. The maximum Gasteiger partial charge on any atom is 0.416 e. The van der Waals surface area contributed by atoms with Gasteiger partial charge < -0.3 is 15.5 Å². The normalized spacial score (nSPS) is 27.6. The van der Waals surface area contributed by atoms with Gasteiger partial charge in [-0.2, -0.15) is 13.2 Å². The van der Waals surface area contributed by atoms with Crippen LogP contribution >= 0.6 is 0 Å². The minimum atomic E-state index is -4.48. The van der Waals surface area contributed by atoms with Gasteiger partial charge in [0, 0.05) is 5.69 Å². The predicted molar refractivity (Wildman–Crippen MR) is 59.1 cm³/mol. The SMILES string of the molecule is CC1(O)NC(=O)N(c2ccc(C(F)(F)F)cc2)C1O.